The fourth-order valence-corrected chi connectivity index (χ4v) is 7.49. The van der Waals surface area contributed by atoms with Crippen LogP contribution in [0, 0.1) is 0 Å². The van der Waals surface area contributed by atoms with Gasteiger partial charge in [-0.2, -0.15) is 9.40 Å². The van der Waals surface area contributed by atoms with Gasteiger partial charge in [0.1, 0.15) is 15.8 Å². The number of amides is 1. The van der Waals surface area contributed by atoms with Gasteiger partial charge in [-0.1, -0.05) is 68.2 Å². The fourth-order valence-electron chi connectivity index (χ4n) is 4.57. The van der Waals surface area contributed by atoms with Gasteiger partial charge in [0.15, 0.2) is 0 Å². The molecular formula is C30H30N4O4S3. The van der Waals surface area contributed by atoms with Gasteiger partial charge < -0.3 is 4.42 Å². The van der Waals surface area contributed by atoms with Crippen molar-refractivity contribution in [3.63, 3.8) is 0 Å². The van der Waals surface area contributed by atoms with Crippen LogP contribution in [0.5, 0.6) is 0 Å². The van der Waals surface area contributed by atoms with Crippen molar-refractivity contribution in [2.45, 2.75) is 38.1 Å². The molecule has 1 aliphatic heterocycles. The molecule has 0 atom stereocenters. The molecule has 2 aromatic heterocycles. The first-order valence-electron chi connectivity index (χ1n) is 13.3. The summed E-state index contributed by atoms with van der Waals surface area (Å²) in [6, 6.07) is 20.0. The molecular weight excluding hydrogens is 577 g/mol. The molecule has 0 aliphatic carbocycles. The van der Waals surface area contributed by atoms with E-state index in [0.717, 1.165) is 18.5 Å². The minimum Gasteiger partial charge on any atom is -0.467 e. The highest BCUT2D eigenvalue weighted by molar-refractivity contribution is 8.26. The zero-order valence-corrected chi connectivity index (χ0v) is 25.2. The second kappa shape index (κ2) is 12.6. The Labute approximate surface area is 249 Å². The quantitative estimate of drug-likeness (QED) is 0.145. The van der Waals surface area contributed by atoms with E-state index < -0.39 is 10.0 Å². The van der Waals surface area contributed by atoms with Crippen molar-refractivity contribution in [2.24, 2.45) is 0 Å². The van der Waals surface area contributed by atoms with Crippen LogP contribution in [0.2, 0.25) is 0 Å². The zero-order valence-electron chi connectivity index (χ0n) is 22.8. The lowest BCUT2D eigenvalue weighted by Crippen LogP contribution is -2.32. The molecule has 1 amide bonds. The average molecular weight is 607 g/mol. The van der Waals surface area contributed by atoms with Crippen molar-refractivity contribution < 1.29 is 17.6 Å². The van der Waals surface area contributed by atoms with Crippen LogP contribution in [0.15, 0.2) is 93.4 Å². The van der Waals surface area contributed by atoms with Crippen LogP contribution in [0.3, 0.4) is 0 Å². The van der Waals surface area contributed by atoms with Gasteiger partial charge in [-0.05, 0) is 55.3 Å². The van der Waals surface area contributed by atoms with Crippen LogP contribution in [0.25, 0.3) is 23.0 Å². The van der Waals surface area contributed by atoms with Gasteiger partial charge in [-0.3, -0.25) is 9.69 Å². The molecule has 0 radical (unpaired) electrons. The number of thioether (sulfide) groups is 1. The Morgan fingerprint density at radius 2 is 1.78 bits per heavy atom. The smallest absolute Gasteiger partial charge is 0.266 e. The first-order valence-corrected chi connectivity index (χ1v) is 16.0. The first-order chi connectivity index (χ1) is 19.8. The Morgan fingerprint density at radius 1 is 1.02 bits per heavy atom. The Kier molecular flexibility index (Phi) is 8.88. The summed E-state index contributed by atoms with van der Waals surface area (Å²) in [5, 5.41) is 4.84. The summed E-state index contributed by atoms with van der Waals surface area (Å²) >= 11 is 6.73. The zero-order chi connectivity index (χ0) is 29.0. The van der Waals surface area contributed by atoms with E-state index in [-0.39, 0.29) is 17.3 Å². The van der Waals surface area contributed by atoms with Crippen LogP contribution in [0.1, 0.15) is 38.0 Å². The van der Waals surface area contributed by atoms with Gasteiger partial charge in [0.2, 0.25) is 10.0 Å². The fraction of sp³-hybridized carbons (Fsp3) is 0.233. The van der Waals surface area contributed by atoms with E-state index in [0.29, 0.717) is 44.9 Å². The predicted octanol–water partition coefficient (Wildman–Crippen LogP) is 6.34. The molecule has 0 N–H and O–H groups in total. The van der Waals surface area contributed by atoms with Crippen LogP contribution in [0.4, 0.5) is 0 Å². The highest BCUT2D eigenvalue weighted by Gasteiger charge is 2.33. The average Bonchev–Trinajstić information content (AvgIpc) is 3.71. The highest BCUT2D eigenvalue weighted by atomic mass is 32.2. The number of carbonyl (C=O) groups excluding carboxylic acids is 1. The number of nitrogens with zero attached hydrogens (tertiary/aromatic N) is 4. The Bertz CT molecular complexity index is 1670. The van der Waals surface area contributed by atoms with E-state index in [1.54, 1.807) is 47.4 Å². The Morgan fingerprint density at radius 3 is 2.46 bits per heavy atom. The first kappa shape index (κ1) is 29.0. The molecule has 41 heavy (non-hydrogen) atoms. The normalized spacial score (nSPS) is 15.0. The maximum Gasteiger partial charge on any atom is 0.266 e. The summed E-state index contributed by atoms with van der Waals surface area (Å²) < 4.78 is 36.2. The van der Waals surface area contributed by atoms with Crippen molar-refractivity contribution in [3.8, 4) is 16.9 Å². The summed E-state index contributed by atoms with van der Waals surface area (Å²) in [4.78, 5) is 15.5. The van der Waals surface area contributed by atoms with Crippen molar-refractivity contribution in [1.82, 2.24) is 19.0 Å². The third-order valence-corrected chi connectivity index (χ3v) is 9.78. The topological polar surface area (TPSA) is 88.7 Å². The maximum absolute atomic E-state index is 13.5. The van der Waals surface area contributed by atoms with Gasteiger partial charge in [0.05, 0.1) is 28.3 Å². The number of carbonyl (C=O) groups is 1. The standard InChI is InChI=1S/C30H30N4O4S3/c1-3-15-32(16-4-2)41(36,37)26-14-8-10-22(18-26)28-23(20-34(31-28)24-11-6-5-7-12-24)19-27-29(35)33(30(39)40-27)21-25-13-9-17-38-25/h5-14,17-20H,3-4,15-16,21H2,1-2H3. The van der Waals surface area contributed by atoms with E-state index in [4.69, 9.17) is 21.7 Å². The second-order valence-corrected chi connectivity index (χ2v) is 13.1. The maximum atomic E-state index is 13.5. The van der Waals surface area contributed by atoms with Crippen molar-refractivity contribution in [2.75, 3.05) is 13.1 Å². The number of furan rings is 1. The third-order valence-electron chi connectivity index (χ3n) is 6.51. The third kappa shape index (κ3) is 6.23. The molecule has 4 aromatic rings. The van der Waals surface area contributed by atoms with Crippen molar-refractivity contribution in [1.29, 1.82) is 0 Å². The van der Waals surface area contributed by atoms with E-state index in [9.17, 15) is 13.2 Å². The molecule has 1 aliphatic rings. The lowest BCUT2D eigenvalue weighted by atomic mass is 10.1. The molecule has 3 heterocycles. The lowest BCUT2D eigenvalue weighted by molar-refractivity contribution is -0.122. The number of sulfonamides is 1. The van der Waals surface area contributed by atoms with E-state index in [1.165, 1.54) is 21.0 Å². The van der Waals surface area contributed by atoms with Crippen molar-refractivity contribution >= 4 is 50.3 Å². The largest absolute Gasteiger partial charge is 0.467 e. The molecule has 5 rings (SSSR count). The number of benzene rings is 2. The number of aromatic nitrogens is 2. The minimum absolute atomic E-state index is 0.210. The number of para-hydroxylation sites is 1. The van der Waals surface area contributed by atoms with Crippen molar-refractivity contribution in [3.05, 3.63) is 95.4 Å². The molecule has 2 aromatic carbocycles. The molecule has 1 fully saturated rings. The summed E-state index contributed by atoms with van der Waals surface area (Å²) in [6.45, 7) is 5.09. The summed E-state index contributed by atoms with van der Waals surface area (Å²) in [6.07, 6.45) is 6.62. The van der Waals surface area contributed by atoms with Crippen LogP contribution < -0.4 is 0 Å². The number of hydrogen-bond donors (Lipinski definition) is 0. The lowest BCUT2D eigenvalue weighted by Gasteiger charge is -2.21. The summed E-state index contributed by atoms with van der Waals surface area (Å²) in [5.41, 5.74) is 2.69. The summed E-state index contributed by atoms with van der Waals surface area (Å²) in [7, 11) is -3.69. The molecule has 0 unspecified atom stereocenters. The number of thiocarbonyl (C=S) groups is 1. The van der Waals surface area contributed by atoms with Gasteiger partial charge in [-0.25, -0.2) is 13.1 Å². The minimum atomic E-state index is -3.69. The number of rotatable bonds is 11. The van der Waals surface area contributed by atoms with E-state index >= 15 is 0 Å². The van der Waals surface area contributed by atoms with Gasteiger partial charge in [0.25, 0.3) is 5.91 Å². The second-order valence-electron chi connectivity index (χ2n) is 9.49. The molecule has 0 spiro atoms. The molecule has 1 saturated heterocycles. The van der Waals surface area contributed by atoms with Gasteiger partial charge >= 0.3 is 0 Å². The Balaban J connectivity index is 1.56. The monoisotopic (exact) mass is 606 g/mol. The summed E-state index contributed by atoms with van der Waals surface area (Å²) in [5.74, 6) is 0.416. The Hall–Kier alpha value is -3.51. The van der Waals surface area contributed by atoms with Gasteiger partial charge in [0, 0.05) is 30.4 Å². The van der Waals surface area contributed by atoms with E-state index in [2.05, 4.69) is 0 Å². The van der Waals surface area contributed by atoms with Gasteiger partial charge in [-0.15, -0.1) is 0 Å². The molecule has 0 bridgehead atoms. The van der Waals surface area contributed by atoms with Crippen LogP contribution in [-0.4, -0.2) is 50.7 Å². The SMILES string of the molecule is CCCN(CCC)S(=O)(=O)c1cccc(-c2nn(-c3ccccc3)cc2C=C2SC(=S)N(Cc3ccco3)C2=O)c1. The highest BCUT2D eigenvalue weighted by Crippen LogP contribution is 2.36. The van der Waals surface area contributed by atoms with Crippen LogP contribution in [-0.2, 0) is 21.4 Å². The van der Waals surface area contributed by atoms with E-state index in [1.807, 2.05) is 56.4 Å². The molecule has 11 heteroatoms. The molecule has 8 nitrogen and oxygen atoms in total. The number of hydrogen-bond acceptors (Lipinski definition) is 7. The predicted molar refractivity (Wildman–Crippen MR) is 166 cm³/mol. The molecule has 212 valence electrons. The van der Waals surface area contributed by atoms with Crippen LogP contribution >= 0.6 is 24.0 Å². The molecule has 0 saturated carbocycles.